The Kier molecular flexibility index (Phi) is 7.12. The van der Waals surface area contributed by atoms with E-state index in [-0.39, 0.29) is 12.5 Å². The zero-order chi connectivity index (χ0) is 24.9. The molecule has 0 spiro atoms. The van der Waals surface area contributed by atoms with Crippen molar-refractivity contribution in [1.29, 1.82) is 0 Å². The number of aromatic amines is 1. The van der Waals surface area contributed by atoms with E-state index in [0.29, 0.717) is 39.2 Å². The Morgan fingerprint density at radius 3 is 2.57 bits per heavy atom. The number of aromatic hydroxyl groups is 1. The van der Waals surface area contributed by atoms with Crippen LogP contribution in [0.25, 0.3) is 10.9 Å². The minimum atomic E-state index is -0.501. The van der Waals surface area contributed by atoms with Crippen LogP contribution < -0.4 is 4.74 Å². The maximum absolute atomic E-state index is 13.8. The second kappa shape index (κ2) is 10.4. The number of carbonyl (C=O) groups is 1. The predicted molar refractivity (Wildman–Crippen MR) is 133 cm³/mol. The Labute approximate surface area is 202 Å². The first-order chi connectivity index (χ1) is 16.8. The van der Waals surface area contributed by atoms with Gasteiger partial charge in [-0.1, -0.05) is 24.3 Å². The molecule has 0 aliphatic carbocycles. The number of nitrogens with one attached hydrogen (secondary N) is 1. The van der Waals surface area contributed by atoms with Gasteiger partial charge in [-0.3, -0.25) is 0 Å². The number of aliphatic imine (C=N–C) groups is 1. The fourth-order valence-corrected chi connectivity index (χ4v) is 3.76. The first kappa shape index (κ1) is 24.0. The number of esters is 1. The van der Waals surface area contributed by atoms with Gasteiger partial charge in [0.25, 0.3) is 0 Å². The number of methoxy groups -OCH3 is 1. The lowest BCUT2D eigenvalue weighted by Crippen LogP contribution is -2.13. The number of carbonyl (C=O) groups excluding carboxylic acids is 1. The molecule has 0 fully saturated rings. The zero-order valence-corrected chi connectivity index (χ0v) is 19.7. The number of halogens is 1. The molecule has 4 aromatic rings. The second-order valence-corrected chi connectivity index (χ2v) is 8.30. The standard InChI is InChI=1S/C27H26FN3O4/c1-31(2)15-17-7-10-20(11-8-17)29-26(18-5-4-6-21(13-18)35-16-24(32)34-3)25-22-12-9-19(28)14-23(22)30-27(25)33/h4-14,30,33H,15-16H2,1-3H3. The van der Waals surface area contributed by atoms with Crippen molar-refractivity contribution in [2.45, 2.75) is 6.54 Å². The molecule has 8 heteroatoms. The fraction of sp³-hybridized carbons (Fsp3) is 0.185. The van der Waals surface area contributed by atoms with Crippen LogP contribution in [0.5, 0.6) is 11.6 Å². The Hall–Kier alpha value is -4.17. The minimum Gasteiger partial charge on any atom is -0.494 e. The highest BCUT2D eigenvalue weighted by Gasteiger charge is 2.20. The molecule has 1 aromatic heterocycles. The number of fused-ring (bicyclic) bond motifs is 1. The quantitative estimate of drug-likeness (QED) is 0.283. The number of benzene rings is 3. The summed E-state index contributed by atoms with van der Waals surface area (Å²) in [5, 5.41) is 11.4. The minimum absolute atomic E-state index is 0.130. The van der Waals surface area contributed by atoms with Crippen molar-refractivity contribution in [3.05, 3.63) is 89.2 Å². The van der Waals surface area contributed by atoms with Gasteiger partial charge in [0, 0.05) is 17.5 Å². The maximum atomic E-state index is 13.8. The maximum Gasteiger partial charge on any atom is 0.343 e. The lowest BCUT2D eigenvalue weighted by atomic mass is 10.0. The average molecular weight is 476 g/mol. The molecule has 0 saturated carbocycles. The van der Waals surface area contributed by atoms with Crippen molar-refractivity contribution < 1.29 is 23.8 Å². The van der Waals surface area contributed by atoms with E-state index >= 15 is 0 Å². The van der Waals surface area contributed by atoms with Crippen LogP contribution in [0.1, 0.15) is 16.7 Å². The van der Waals surface area contributed by atoms with E-state index in [0.717, 1.165) is 12.1 Å². The number of H-pyrrole nitrogens is 1. The van der Waals surface area contributed by atoms with Crippen molar-refractivity contribution in [1.82, 2.24) is 9.88 Å². The molecule has 0 unspecified atom stereocenters. The summed E-state index contributed by atoms with van der Waals surface area (Å²) in [5.41, 5.74) is 3.81. The SMILES string of the molecule is COC(=O)COc1cccc(C(=Nc2ccc(CN(C)C)cc2)c2c(O)[nH]c3cc(F)ccc23)c1. The lowest BCUT2D eigenvalue weighted by Gasteiger charge is -2.12. The molecule has 1 heterocycles. The van der Waals surface area contributed by atoms with Gasteiger partial charge in [0.15, 0.2) is 12.5 Å². The number of rotatable bonds is 8. The molecule has 3 aromatic carbocycles. The fourth-order valence-electron chi connectivity index (χ4n) is 3.76. The molecule has 7 nitrogen and oxygen atoms in total. The van der Waals surface area contributed by atoms with Gasteiger partial charge in [0.2, 0.25) is 0 Å². The summed E-state index contributed by atoms with van der Waals surface area (Å²) >= 11 is 0. The van der Waals surface area contributed by atoms with Crippen LogP contribution in [0.3, 0.4) is 0 Å². The lowest BCUT2D eigenvalue weighted by molar-refractivity contribution is -0.142. The van der Waals surface area contributed by atoms with Crippen LogP contribution in [-0.4, -0.2) is 54.5 Å². The molecular weight excluding hydrogens is 449 g/mol. The van der Waals surface area contributed by atoms with Gasteiger partial charge in [-0.25, -0.2) is 14.2 Å². The number of nitrogens with zero attached hydrogens (tertiary/aromatic N) is 2. The van der Waals surface area contributed by atoms with Gasteiger partial charge < -0.3 is 24.5 Å². The molecule has 0 bridgehead atoms. The average Bonchev–Trinajstić information content (AvgIpc) is 3.16. The summed E-state index contributed by atoms with van der Waals surface area (Å²) in [6, 6.07) is 19.1. The molecule has 0 saturated heterocycles. The molecule has 0 amide bonds. The van der Waals surface area contributed by atoms with Gasteiger partial charge in [-0.2, -0.15) is 0 Å². The van der Waals surface area contributed by atoms with Crippen LogP contribution in [0.15, 0.2) is 71.7 Å². The molecule has 0 aliphatic rings. The smallest absolute Gasteiger partial charge is 0.343 e. The van der Waals surface area contributed by atoms with Gasteiger partial charge in [-0.15, -0.1) is 0 Å². The first-order valence-corrected chi connectivity index (χ1v) is 11.0. The van der Waals surface area contributed by atoms with Gasteiger partial charge in [-0.05, 0) is 62.1 Å². The molecular formula is C27H26FN3O4. The van der Waals surface area contributed by atoms with Crippen LogP contribution in [0, 0.1) is 5.82 Å². The number of hydrogen-bond donors (Lipinski definition) is 2. The highest BCUT2D eigenvalue weighted by molar-refractivity contribution is 6.22. The first-order valence-electron chi connectivity index (χ1n) is 11.0. The Bertz CT molecular complexity index is 1380. The molecule has 4 rings (SSSR count). The Morgan fingerprint density at radius 1 is 1.09 bits per heavy atom. The molecule has 0 aliphatic heterocycles. The Morgan fingerprint density at radius 2 is 1.86 bits per heavy atom. The second-order valence-electron chi connectivity index (χ2n) is 8.30. The summed E-state index contributed by atoms with van der Waals surface area (Å²) in [6.07, 6.45) is 0. The van der Waals surface area contributed by atoms with Crippen LogP contribution in [0.2, 0.25) is 0 Å². The number of aromatic nitrogens is 1. The van der Waals surface area contributed by atoms with E-state index in [4.69, 9.17) is 9.73 Å². The van der Waals surface area contributed by atoms with Crippen molar-refractivity contribution >= 4 is 28.3 Å². The highest BCUT2D eigenvalue weighted by Crippen LogP contribution is 2.32. The summed E-state index contributed by atoms with van der Waals surface area (Å²) < 4.78 is 24.0. The summed E-state index contributed by atoms with van der Waals surface area (Å²) in [7, 11) is 5.30. The predicted octanol–water partition coefficient (Wildman–Crippen LogP) is 4.80. The topological polar surface area (TPSA) is 87.2 Å². The van der Waals surface area contributed by atoms with Gasteiger partial charge in [0.1, 0.15) is 11.6 Å². The summed E-state index contributed by atoms with van der Waals surface area (Å²) in [5.74, 6) is -0.612. The van der Waals surface area contributed by atoms with E-state index in [1.54, 1.807) is 24.3 Å². The zero-order valence-electron chi connectivity index (χ0n) is 19.7. The number of hydrogen-bond acceptors (Lipinski definition) is 6. The van der Waals surface area contributed by atoms with E-state index in [2.05, 4.69) is 14.6 Å². The normalized spacial score (nSPS) is 11.7. The van der Waals surface area contributed by atoms with Crippen molar-refractivity contribution in [2.24, 2.45) is 4.99 Å². The van der Waals surface area contributed by atoms with Crippen molar-refractivity contribution in [3.63, 3.8) is 0 Å². The van der Waals surface area contributed by atoms with E-state index < -0.39 is 11.8 Å². The molecule has 2 N–H and O–H groups in total. The van der Waals surface area contributed by atoms with E-state index in [1.165, 1.54) is 19.2 Å². The monoisotopic (exact) mass is 475 g/mol. The van der Waals surface area contributed by atoms with Crippen LogP contribution in [-0.2, 0) is 16.1 Å². The third-order valence-corrected chi connectivity index (χ3v) is 5.35. The third kappa shape index (κ3) is 5.67. The molecule has 180 valence electrons. The third-order valence-electron chi connectivity index (χ3n) is 5.35. The molecule has 0 atom stereocenters. The summed E-state index contributed by atoms with van der Waals surface area (Å²) in [6.45, 7) is 0.558. The highest BCUT2D eigenvalue weighted by atomic mass is 19.1. The summed E-state index contributed by atoms with van der Waals surface area (Å²) in [4.78, 5) is 21.3. The number of ether oxygens (including phenoxy) is 2. The van der Waals surface area contributed by atoms with Gasteiger partial charge in [0.05, 0.1) is 29.6 Å². The van der Waals surface area contributed by atoms with Crippen molar-refractivity contribution in [2.75, 3.05) is 27.8 Å². The molecule has 35 heavy (non-hydrogen) atoms. The van der Waals surface area contributed by atoms with Crippen LogP contribution in [0.4, 0.5) is 10.1 Å². The van der Waals surface area contributed by atoms with Crippen molar-refractivity contribution in [3.8, 4) is 11.6 Å². The van der Waals surface area contributed by atoms with Gasteiger partial charge >= 0.3 is 5.97 Å². The van der Waals surface area contributed by atoms with E-state index in [1.807, 2.05) is 44.4 Å². The molecule has 0 radical (unpaired) electrons. The van der Waals surface area contributed by atoms with Crippen LogP contribution >= 0.6 is 0 Å². The Balaban J connectivity index is 1.82. The van der Waals surface area contributed by atoms with E-state index in [9.17, 15) is 14.3 Å². The largest absolute Gasteiger partial charge is 0.494 e.